The van der Waals surface area contributed by atoms with Gasteiger partial charge >= 0.3 is 0 Å². The highest BCUT2D eigenvalue weighted by atomic mass is 32.2. The standard InChI is InChI=1S/C10H12N4O2S/c1-3-17-10-12-9(13-14-10)11-8(15)7-5-4-6(2)16-7/h4-5H,3H2,1-2H3,(H2,11,12,13,14,15). The van der Waals surface area contributed by atoms with Crippen LogP contribution in [0.15, 0.2) is 21.7 Å². The van der Waals surface area contributed by atoms with Gasteiger partial charge in [0, 0.05) is 0 Å². The fourth-order valence-corrected chi connectivity index (χ4v) is 1.75. The van der Waals surface area contributed by atoms with Gasteiger partial charge in [-0.05, 0) is 24.8 Å². The predicted molar refractivity (Wildman–Crippen MR) is 64.2 cm³/mol. The number of carbonyl (C=O) groups is 1. The third-order valence-corrected chi connectivity index (χ3v) is 2.66. The first kappa shape index (κ1) is 11.7. The second-order valence-electron chi connectivity index (χ2n) is 3.26. The number of aryl methyl sites for hydroxylation is 1. The molecule has 0 bridgehead atoms. The monoisotopic (exact) mass is 252 g/mol. The number of rotatable bonds is 4. The van der Waals surface area contributed by atoms with Crippen molar-refractivity contribution in [3.05, 3.63) is 23.7 Å². The molecule has 0 spiro atoms. The Morgan fingerprint density at radius 3 is 3.06 bits per heavy atom. The van der Waals surface area contributed by atoms with Crippen LogP contribution in [-0.2, 0) is 0 Å². The fourth-order valence-electron chi connectivity index (χ4n) is 1.22. The van der Waals surface area contributed by atoms with Crippen molar-refractivity contribution in [2.75, 3.05) is 11.1 Å². The van der Waals surface area contributed by atoms with Gasteiger partial charge in [-0.1, -0.05) is 18.7 Å². The smallest absolute Gasteiger partial charge is 0.293 e. The number of nitrogens with zero attached hydrogens (tertiary/aromatic N) is 2. The number of anilines is 1. The molecular weight excluding hydrogens is 240 g/mol. The van der Waals surface area contributed by atoms with Crippen molar-refractivity contribution < 1.29 is 9.21 Å². The van der Waals surface area contributed by atoms with Gasteiger partial charge in [-0.15, -0.1) is 5.10 Å². The molecule has 0 fully saturated rings. The minimum atomic E-state index is -0.345. The molecule has 0 aromatic carbocycles. The van der Waals surface area contributed by atoms with Gasteiger partial charge < -0.3 is 4.42 Å². The molecule has 0 aliphatic heterocycles. The second-order valence-corrected chi connectivity index (χ2v) is 4.50. The van der Waals surface area contributed by atoms with E-state index in [0.29, 0.717) is 16.9 Å². The first-order valence-electron chi connectivity index (χ1n) is 5.12. The van der Waals surface area contributed by atoms with E-state index in [1.807, 2.05) is 6.92 Å². The van der Waals surface area contributed by atoms with Gasteiger partial charge in [0.1, 0.15) is 5.76 Å². The lowest BCUT2D eigenvalue weighted by molar-refractivity contribution is 0.0994. The van der Waals surface area contributed by atoms with Crippen molar-refractivity contribution >= 4 is 23.6 Å². The van der Waals surface area contributed by atoms with E-state index in [1.54, 1.807) is 19.1 Å². The summed E-state index contributed by atoms with van der Waals surface area (Å²) < 4.78 is 5.19. The van der Waals surface area contributed by atoms with E-state index in [2.05, 4.69) is 20.5 Å². The van der Waals surface area contributed by atoms with E-state index in [0.717, 1.165) is 5.75 Å². The second kappa shape index (κ2) is 5.05. The molecule has 2 heterocycles. The fraction of sp³-hybridized carbons (Fsp3) is 0.300. The lowest BCUT2D eigenvalue weighted by Gasteiger charge is -1.96. The summed E-state index contributed by atoms with van der Waals surface area (Å²) in [5.74, 6) is 1.80. The molecule has 0 radical (unpaired) electrons. The topological polar surface area (TPSA) is 83.8 Å². The Morgan fingerprint density at radius 2 is 2.41 bits per heavy atom. The molecule has 2 rings (SSSR count). The highest BCUT2D eigenvalue weighted by Crippen LogP contribution is 2.14. The lowest BCUT2D eigenvalue weighted by atomic mass is 10.4. The highest BCUT2D eigenvalue weighted by Gasteiger charge is 2.12. The molecule has 2 N–H and O–H groups in total. The van der Waals surface area contributed by atoms with Crippen molar-refractivity contribution in [2.24, 2.45) is 0 Å². The number of amides is 1. The number of nitrogens with one attached hydrogen (secondary N) is 2. The van der Waals surface area contributed by atoms with E-state index >= 15 is 0 Å². The Morgan fingerprint density at radius 1 is 1.59 bits per heavy atom. The number of hydrogen-bond acceptors (Lipinski definition) is 5. The van der Waals surface area contributed by atoms with Crippen LogP contribution in [0.4, 0.5) is 5.95 Å². The number of furan rings is 1. The van der Waals surface area contributed by atoms with Gasteiger partial charge in [-0.3, -0.25) is 10.1 Å². The van der Waals surface area contributed by atoms with Crippen LogP contribution in [0.3, 0.4) is 0 Å². The maximum absolute atomic E-state index is 11.7. The molecule has 2 aromatic rings. The van der Waals surface area contributed by atoms with Crippen LogP contribution >= 0.6 is 11.8 Å². The molecule has 90 valence electrons. The number of aromatic nitrogens is 3. The van der Waals surface area contributed by atoms with E-state index in [4.69, 9.17) is 4.42 Å². The van der Waals surface area contributed by atoms with E-state index in [1.165, 1.54) is 11.8 Å². The summed E-state index contributed by atoms with van der Waals surface area (Å²) in [5, 5.41) is 9.77. The molecule has 0 saturated carbocycles. The molecule has 2 aromatic heterocycles. The number of H-pyrrole nitrogens is 1. The number of hydrogen-bond donors (Lipinski definition) is 2. The van der Waals surface area contributed by atoms with Crippen LogP contribution in [-0.4, -0.2) is 26.8 Å². The quantitative estimate of drug-likeness (QED) is 0.814. The van der Waals surface area contributed by atoms with Gasteiger partial charge in [0.15, 0.2) is 5.76 Å². The minimum absolute atomic E-state index is 0.253. The van der Waals surface area contributed by atoms with E-state index < -0.39 is 0 Å². The summed E-state index contributed by atoms with van der Waals surface area (Å²) in [4.78, 5) is 15.8. The van der Waals surface area contributed by atoms with Gasteiger partial charge in [-0.25, -0.2) is 5.10 Å². The first-order chi connectivity index (χ1) is 8.19. The van der Waals surface area contributed by atoms with Gasteiger partial charge in [-0.2, -0.15) is 4.98 Å². The molecule has 7 heteroatoms. The van der Waals surface area contributed by atoms with Crippen molar-refractivity contribution in [1.29, 1.82) is 0 Å². The number of thioether (sulfide) groups is 1. The van der Waals surface area contributed by atoms with Crippen LogP contribution < -0.4 is 5.32 Å². The summed E-state index contributed by atoms with van der Waals surface area (Å²) in [6, 6.07) is 3.34. The maximum Gasteiger partial charge on any atom is 0.293 e. The minimum Gasteiger partial charge on any atom is -0.456 e. The zero-order valence-corrected chi connectivity index (χ0v) is 10.3. The van der Waals surface area contributed by atoms with Crippen molar-refractivity contribution in [1.82, 2.24) is 15.2 Å². The molecule has 0 aliphatic carbocycles. The number of carbonyl (C=O) groups excluding carboxylic acids is 1. The Labute approximate surface area is 102 Å². The summed E-state index contributed by atoms with van der Waals surface area (Å²) in [5.41, 5.74) is 0. The van der Waals surface area contributed by atoms with Crippen LogP contribution in [0.25, 0.3) is 0 Å². The molecule has 1 amide bonds. The lowest BCUT2D eigenvalue weighted by Crippen LogP contribution is -2.12. The maximum atomic E-state index is 11.7. The van der Waals surface area contributed by atoms with Gasteiger partial charge in [0.05, 0.1) is 0 Å². The first-order valence-corrected chi connectivity index (χ1v) is 6.10. The molecule has 17 heavy (non-hydrogen) atoms. The molecule has 0 aliphatic rings. The van der Waals surface area contributed by atoms with Crippen LogP contribution in [0.1, 0.15) is 23.2 Å². The Bertz CT molecular complexity index is 520. The van der Waals surface area contributed by atoms with Crippen LogP contribution in [0, 0.1) is 6.92 Å². The highest BCUT2D eigenvalue weighted by molar-refractivity contribution is 7.99. The summed E-state index contributed by atoms with van der Waals surface area (Å²) in [6.45, 7) is 3.78. The average Bonchev–Trinajstić information content (AvgIpc) is 2.88. The predicted octanol–water partition coefficient (Wildman–Crippen LogP) is 2.07. The van der Waals surface area contributed by atoms with Crippen molar-refractivity contribution in [3.8, 4) is 0 Å². The molecule has 0 saturated heterocycles. The molecule has 6 nitrogen and oxygen atoms in total. The third kappa shape index (κ3) is 2.88. The zero-order chi connectivity index (χ0) is 12.3. The van der Waals surface area contributed by atoms with E-state index in [9.17, 15) is 4.79 Å². The number of aromatic amines is 1. The van der Waals surface area contributed by atoms with Crippen molar-refractivity contribution in [3.63, 3.8) is 0 Å². The summed E-state index contributed by atoms with van der Waals surface area (Å²) in [6.07, 6.45) is 0. The average molecular weight is 252 g/mol. The molecule has 0 unspecified atom stereocenters. The molecular formula is C10H12N4O2S. The largest absolute Gasteiger partial charge is 0.456 e. The Hall–Kier alpha value is -1.76. The van der Waals surface area contributed by atoms with Crippen LogP contribution in [0.2, 0.25) is 0 Å². The normalized spacial score (nSPS) is 10.5. The molecule has 0 atom stereocenters. The Balaban J connectivity index is 2.02. The van der Waals surface area contributed by atoms with Crippen LogP contribution in [0.5, 0.6) is 0 Å². The SMILES string of the molecule is CCSc1n[nH]c(NC(=O)c2ccc(C)o2)n1. The van der Waals surface area contributed by atoms with Crippen molar-refractivity contribution in [2.45, 2.75) is 19.0 Å². The van der Waals surface area contributed by atoms with Gasteiger partial charge in [0.25, 0.3) is 5.91 Å². The zero-order valence-electron chi connectivity index (χ0n) is 9.48. The third-order valence-electron chi connectivity index (χ3n) is 1.93. The Kier molecular flexibility index (Phi) is 3.48. The summed E-state index contributed by atoms with van der Waals surface area (Å²) >= 11 is 1.49. The summed E-state index contributed by atoms with van der Waals surface area (Å²) in [7, 11) is 0. The van der Waals surface area contributed by atoms with Gasteiger partial charge in [0.2, 0.25) is 11.1 Å². The van der Waals surface area contributed by atoms with E-state index in [-0.39, 0.29) is 11.7 Å².